The van der Waals surface area contributed by atoms with E-state index in [0.717, 1.165) is 20.9 Å². The van der Waals surface area contributed by atoms with Gasteiger partial charge in [0.05, 0.1) is 5.52 Å². The Morgan fingerprint density at radius 1 is 1.42 bits per heavy atom. The number of fused-ring (bicyclic) bond motifs is 1. The van der Waals surface area contributed by atoms with Crippen LogP contribution in [0.25, 0.3) is 22.2 Å². The number of carboxylic acid groups (broad SMARTS) is 1. The Morgan fingerprint density at radius 2 is 2.26 bits per heavy atom. The van der Waals surface area contributed by atoms with E-state index < -0.39 is 5.97 Å². The van der Waals surface area contributed by atoms with Crippen LogP contribution >= 0.6 is 15.9 Å². The normalized spacial score (nSPS) is 11.0. The van der Waals surface area contributed by atoms with Crippen molar-refractivity contribution in [1.82, 2.24) is 9.72 Å². The molecule has 19 heavy (non-hydrogen) atoms. The molecule has 1 N–H and O–H groups in total. The predicted molar refractivity (Wildman–Crippen MR) is 72.8 cm³/mol. The zero-order valence-corrected chi connectivity index (χ0v) is 11.3. The summed E-state index contributed by atoms with van der Waals surface area (Å²) in [7, 11) is 0. The minimum atomic E-state index is -0.883. The van der Waals surface area contributed by atoms with Crippen LogP contribution in [0.5, 0.6) is 0 Å². The number of benzene rings is 1. The third-order valence-electron chi connectivity index (χ3n) is 2.84. The molecule has 0 aliphatic heterocycles. The molecule has 3 aromatic rings. The first kappa shape index (κ1) is 12.0. The van der Waals surface area contributed by atoms with E-state index in [-0.39, 0.29) is 6.54 Å². The molecule has 0 spiro atoms. The monoisotopic (exact) mass is 320 g/mol. The van der Waals surface area contributed by atoms with Gasteiger partial charge < -0.3 is 14.2 Å². The fraction of sp³-hybridized carbons (Fsp3) is 0.0769. The molecule has 2 aromatic heterocycles. The van der Waals surface area contributed by atoms with E-state index in [4.69, 9.17) is 9.63 Å². The Balaban J connectivity index is 2.29. The highest BCUT2D eigenvalue weighted by molar-refractivity contribution is 9.10. The summed E-state index contributed by atoms with van der Waals surface area (Å²) in [5.74, 6) is -0.883. The number of halogens is 1. The molecule has 0 aliphatic rings. The summed E-state index contributed by atoms with van der Waals surface area (Å²) in [6.07, 6.45) is 3.25. The van der Waals surface area contributed by atoms with Crippen LogP contribution in [0.2, 0.25) is 0 Å². The summed E-state index contributed by atoms with van der Waals surface area (Å²) < 4.78 is 7.46. The number of carboxylic acids is 1. The number of aliphatic carboxylic acids is 1. The average Bonchev–Trinajstić information content (AvgIpc) is 2.97. The highest BCUT2D eigenvalue weighted by Gasteiger charge is 2.13. The molecule has 0 aliphatic carbocycles. The number of carbonyl (C=O) groups is 1. The number of nitrogens with zero attached hydrogens (tertiary/aromatic N) is 2. The first-order valence-corrected chi connectivity index (χ1v) is 6.35. The second-order valence-corrected chi connectivity index (χ2v) is 5.03. The van der Waals surface area contributed by atoms with E-state index in [1.807, 2.05) is 18.2 Å². The molecule has 0 unspecified atom stereocenters. The summed E-state index contributed by atoms with van der Waals surface area (Å²) in [5, 5.41) is 13.8. The topological polar surface area (TPSA) is 68.3 Å². The molecular formula is C13H9BrN2O3. The lowest BCUT2D eigenvalue weighted by Gasteiger charge is -2.06. The Bertz CT molecular complexity index is 747. The molecule has 5 nitrogen and oxygen atoms in total. The van der Waals surface area contributed by atoms with Gasteiger partial charge in [-0.25, -0.2) is 0 Å². The highest BCUT2D eigenvalue weighted by atomic mass is 79.9. The molecule has 0 fully saturated rings. The van der Waals surface area contributed by atoms with Gasteiger partial charge in [0.1, 0.15) is 18.5 Å². The third kappa shape index (κ3) is 2.15. The minimum Gasteiger partial charge on any atom is -0.480 e. The van der Waals surface area contributed by atoms with Crippen molar-refractivity contribution in [3.8, 4) is 11.3 Å². The zero-order valence-electron chi connectivity index (χ0n) is 9.71. The van der Waals surface area contributed by atoms with Gasteiger partial charge in [-0.1, -0.05) is 21.1 Å². The van der Waals surface area contributed by atoms with Crippen molar-refractivity contribution in [1.29, 1.82) is 0 Å². The van der Waals surface area contributed by atoms with Crippen molar-refractivity contribution in [3.05, 3.63) is 41.2 Å². The van der Waals surface area contributed by atoms with E-state index in [1.54, 1.807) is 16.8 Å². The second-order valence-electron chi connectivity index (χ2n) is 4.11. The summed E-state index contributed by atoms with van der Waals surface area (Å²) in [4.78, 5) is 10.9. The van der Waals surface area contributed by atoms with Crippen LogP contribution in [-0.4, -0.2) is 20.8 Å². The lowest BCUT2D eigenvalue weighted by atomic mass is 10.1. The lowest BCUT2D eigenvalue weighted by molar-refractivity contribution is -0.137. The Hall–Kier alpha value is -2.08. The number of hydrogen-bond acceptors (Lipinski definition) is 3. The standard InChI is InChI=1S/C13H9BrN2O3/c14-9-5-8-1-3-16(7-12(17)18)13(8)10(6-9)11-2-4-19-15-11/h1-6H,7H2,(H,17,18). The largest absolute Gasteiger partial charge is 0.480 e. The molecule has 1 aromatic carbocycles. The van der Waals surface area contributed by atoms with Crippen LogP contribution in [0.1, 0.15) is 0 Å². The van der Waals surface area contributed by atoms with Crippen molar-refractivity contribution in [2.75, 3.05) is 0 Å². The van der Waals surface area contributed by atoms with Crippen molar-refractivity contribution < 1.29 is 14.4 Å². The summed E-state index contributed by atoms with van der Waals surface area (Å²) >= 11 is 3.44. The fourth-order valence-electron chi connectivity index (χ4n) is 2.14. The number of rotatable bonds is 3. The zero-order chi connectivity index (χ0) is 13.4. The highest BCUT2D eigenvalue weighted by Crippen LogP contribution is 2.32. The van der Waals surface area contributed by atoms with Gasteiger partial charge in [-0.3, -0.25) is 4.79 Å². The molecule has 0 amide bonds. The van der Waals surface area contributed by atoms with E-state index in [1.165, 1.54) is 6.26 Å². The maximum Gasteiger partial charge on any atom is 0.323 e. The van der Waals surface area contributed by atoms with Crippen LogP contribution in [0.15, 0.2) is 45.7 Å². The van der Waals surface area contributed by atoms with Crippen molar-refractivity contribution in [2.24, 2.45) is 0 Å². The van der Waals surface area contributed by atoms with Gasteiger partial charge in [-0.15, -0.1) is 0 Å². The minimum absolute atomic E-state index is 0.0873. The summed E-state index contributed by atoms with van der Waals surface area (Å²) in [6.45, 7) is -0.0873. The van der Waals surface area contributed by atoms with E-state index in [9.17, 15) is 4.79 Å². The maximum atomic E-state index is 10.9. The van der Waals surface area contributed by atoms with Gasteiger partial charge >= 0.3 is 5.97 Å². The van der Waals surface area contributed by atoms with E-state index in [2.05, 4.69) is 21.1 Å². The van der Waals surface area contributed by atoms with Crippen LogP contribution in [0.4, 0.5) is 0 Å². The molecule has 0 bridgehead atoms. The smallest absolute Gasteiger partial charge is 0.323 e. The lowest BCUT2D eigenvalue weighted by Crippen LogP contribution is -2.07. The van der Waals surface area contributed by atoms with Crippen LogP contribution in [-0.2, 0) is 11.3 Å². The molecule has 2 heterocycles. The molecular weight excluding hydrogens is 312 g/mol. The molecule has 0 atom stereocenters. The first-order valence-electron chi connectivity index (χ1n) is 5.56. The maximum absolute atomic E-state index is 10.9. The summed E-state index contributed by atoms with van der Waals surface area (Å²) in [6, 6.07) is 7.47. The fourth-order valence-corrected chi connectivity index (χ4v) is 2.61. The average molecular weight is 321 g/mol. The Labute approximate surface area is 116 Å². The van der Waals surface area contributed by atoms with Gasteiger partial charge in [0, 0.05) is 27.7 Å². The van der Waals surface area contributed by atoms with E-state index >= 15 is 0 Å². The SMILES string of the molecule is O=C(O)Cn1ccc2cc(Br)cc(-c3ccon3)c21. The molecule has 3 rings (SSSR count). The van der Waals surface area contributed by atoms with Crippen LogP contribution in [0, 0.1) is 0 Å². The van der Waals surface area contributed by atoms with Gasteiger partial charge in [-0.2, -0.15) is 0 Å². The van der Waals surface area contributed by atoms with Crippen molar-refractivity contribution in [3.63, 3.8) is 0 Å². The molecule has 0 radical (unpaired) electrons. The van der Waals surface area contributed by atoms with Crippen molar-refractivity contribution in [2.45, 2.75) is 6.54 Å². The molecule has 0 saturated heterocycles. The van der Waals surface area contributed by atoms with Gasteiger partial charge in [0.2, 0.25) is 0 Å². The molecule has 6 heteroatoms. The molecule has 0 saturated carbocycles. The first-order chi connectivity index (χ1) is 9.15. The Morgan fingerprint density at radius 3 is 2.95 bits per heavy atom. The summed E-state index contributed by atoms with van der Waals surface area (Å²) in [5.41, 5.74) is 2.35. The van der Waals surface area contributed by atoms with Crippen LogP contribution in [0.3, 0.4) is 0 Å². The van der Waals surface area contributed by atoms with Gasteiger partial charge in [-0.05, 0) is 18.2 Å². The Kier molecular flexibility index (Phi) is 2.87. The van der Waals surface area contributed by atoms with Crippen LogP contribution < -0.4 is 0 Å². The van der Waals surface area contributed by atoms with Crippen molar-refractivity contribution >= 4 is 32.8 Å². The van der Waals surface area contributed by atoms with E-state index in [0.29, 0.717) is 5.69 Å². The number of aromatic nitrogens is 2. The van der Waals surface area contributed by atoms with Gasteiger partial charge in [0.15, 0.2) is 0 Å². The molecule has 96 valence electrons. The predicted octanol–water partition coefficient (Wildman–Crippen LogP) is 3.14. The number of hydrogen-bond donors (Lipinski definition) is 1. The second kappa shape index (κ2) is 4.55. The third-order valence-corrected chi connectivity index (χ3v) is 3.30. The van der Waals surface area contributed by atoms with Gasteiger partial charge in [0.25, 0.3) is 0 Å². The quantitative estimate of drug-likeness (QED) is 0.805.